The minimum absolute atomic E-state index is 0. The fourth-order valence-electron chi connectivity index (χ4n) is 0. The van der Waals surface area contributed by atoms with Crippen LogP contribution in [0.15, 0.2) is 0 Å². The second-order valence-corrected chi connectivity index (χ2v) is 1.63. The average Bonchev–Trinajstić information content (AvgIpc) is 1.19. The van der Waals surface area contributed by atoms with Crippen molar-refractivity contribution in [3.05, 3.63) is 0 Å². The van der Waals surface area contributed by atoms with Gasteiger partial charge in [-0.2, -0.15) is 8.42 Å². The minimum Gasteiger partial charge on any atom is -1.00 e. The fourth-order valence-corrected chi connectivity index (χ4v) is 0. The SMILES string of the molecule is O=C(O)O.O=S(=O)(O)O.[H-].[H-].[Mg+2]. The smallest absolute Gasteiger partial charge is 1.00 e. The third kappa shape index (κ3) is 42900. The zero-order valence-electron chi connectivity index (χ0n) is 6.63. The Labute approximate surface area is 75.4 Å². The summed E-state index contributed by atoms with van der Waals surface area (Å²) >= 11 is 0. The topological polar surface area (TPSA) is 132 Å². The third-order valence-corrected chi connectivity index (χ3v) is 0. The van der Waals surface area contributed by atoms with Crippen LogP contribution in [0.3, 0.4) is 0 Å². The van der Waals surface area contributed by atoms with E-state index in [1.54, 1.807) is 0 Å². The summed E-state index contributed by atoms with van der Waals surface area (Å²) in [7, 11) is -4.67. The second-order valence-electron chi connectivity index (χ2n) is 0.730. The van der Waals surface area contributed by atoms with Gasteiger partial charge in [-0.25, -0.2) is 4.79 Å². The summed E-state index contributed by atoms with van der Waals surface area (Å²) < 4.78 is 31.6. The van der Waals surface area contributed by atoms with Gasteiger partial charge in [0.2, 0.25) is 0 Å². The molecule has 0 bridgehead atoms. The molecule has 0 radical (unpaired) electrons. The summed E-state index contributed by atoms with van der Waals surface area (Å²) in [6.45, 7) is 0. The average molecular weight is 186 g/mol. The molecule has 0 fully saturated rings. The van der Waals surface area contributed by atoms with Gasteiger partial charge in [0.05, 0.1) is 0 Å². The minimum atomic E-state index is -4.67. The largest absolute Gasteiger partial charge is 2.00 e. The molecule has 0 aliphatic heterocycles. The van der Waals surface area contributed by atoms with Crippen LogP contribution in [-0.2, 0) is 10.4 Å². The first-order valence-corrected chi connectivity index (χ1v) is 2.75. The van der Waals surface area contributed by atoms with E-state index in [1.165, 1.54) is 0 Å². The Kier molecular flexibility index (Phi) is 11.6. The van der Waals surface area contributed by atoms with E-state index < -0.39 is 16.6 Å². The van der Waals surface area contributed by atoms with Gasteiger partial charge in [0, 0.05) is 0 Å². The normalized spacial score (nSPS) is 8.20. The molecule has 0 rings (SSSR count). The van der Waals surface area contributed by atoms with E-state index in [9.17, 15) is 0 Å². The van der Waals surface area contributed by atoms with Gasteiger partial charge in [0.1, 0.15) is 0 Å². The van der Waals surface area contributed by atoms with Crippen molar-refractivity contribution >= 4 is 39.6 Å². The Bertz CT molecular complexity index is 164. The van der Waals surface area contributed by atoms with Crippen LogP contribution in [0.5, 0.6) is 0 Å². The molecule has 0 amide bonds. The van der Waals surface area contributed by atoms with Crippen molar-refractivity contribution in [2.45, 2.75) is 0 Å². The molecule has 0 unspecified atom stereocenters. The first-order chi connectivity index (χ1) is 3.73. The first-order valence-electron chi connectivity index (χ1n) is 1.35. The number of rotatable bonds is 0. The summed E-state index contributed by atoms with van der Waals surface area (Å²) in [5, 5.41) is 13.9. The van der Waals surface area contributed by atoms with Crippen molar-refractivity contribution in [2.24, 2.45) is 0 Å². The maximum absolute atomic E-state index is 8.74. The van der Waals surface area contributed by atoms with Crippen LogP contribution >= 0.6 is 0 Å². The summed E-state index contributed by atoms with van der Waals surface area (Å²) in [6, 6.07) is 0. The van der Waals surface area contributed by atoms with Gasteiger partial charge in [-0.1, -0.05) is 0 Å². The van der Waals surface area contributed by atoms with E-state index in [2.05, 4.69) is 0 Å². The van der Waals surface area contributed by atoms with Gasteiger partial charge < -0.3 is 13.1 Å². The molecule has 0 heterocycles. The van der Waals surface area contributed by atoms with Crippen molar-refractivity contribution in [2.75, 3.05) is 0 Å². The Hall–Kier alpha value is -0.0938. The Morgan fingerprint density at radius 1 is 1.20 bits per heavy atom. The van der Waals surface area contributed by atoms with Crippen molar-refractivity contribution in [3.63, 3.8) is 0 Å². The van der Waals surface area contributed by atoms with Crippen molar-refractivity contribution in [1.82, 2.24) is 0 Å². The van der Waals surface area contributed by atoms with Crippen LogP contribution in [0.4, 0.5) is 4.79 Å². The third-order valence-electron chi connectivity index (χ3n) is 0. The summed E-state index contributed by atoms with van der Waals surface area (Å²) in [5.74, 6) is 0. The van der Waals surface area contributed by atoms with Gasteiger partial charge in [-0.15, -0.1) is 0 Å². The molecule has 0 atom stereocenters. The molecule has 9 heteroatoms. The van der Waals surface area contributed by atoms with E-state index in [1.807, 2.05) is 0 Å². The molecule has 0 saturated carbocycles. The zero-order chi connectivity index (χ0) is 8.08. The van der Waals surface area contributed by atoms with Gasteiger partial charge in [-0.3, -0.25) is 9.11 Å². The van der Waals surface area contributed by atoms with Gasteiger partial charge >= 0.3 is 39.6 Å². The predicted molar refractivity (Wildman–Crippen MR) is 32.8 cm³/mol. The molecule has 0 aromatic carbocycles. The van der Waals surface area contributed by atoms with E-state index in [4.69, 9.17) is 32.5 Å². The van der Waals surface area contributed by atoms with E-state index >= 15 is 0 Å². The van der Waals surface area contributed by atoms with E-state index in [0.29, 0.717) is 0 Å². The summed E-state index contributed by atoms with van der Waals surface area (Å²) in [4.78, 5) is 8.56. The first kappa shape index (κ1) is 16.5. The van der Waals surface area contributed by atoms with Crippen LogP contribution < -0.4 is 0 Å². The molecule has 0 saturated heterocycles. The number of carboxylic acid groups (broad SMARTS) is 2. The van der Waals surface area contributed by atoms with E-state index in [-0.39, 0.29) is 25.9 Å². The standard InChI is InChI=1S/CH2O3.Mg.H2O4S.2H/c2-1(3)4;;1-5(2,3)4;;/h(H2,2,3,4);;(H2,1,2,3,4);;/q;+2;;2*-1. The molecule has 0 aliphatic rings. The Morgan fingerprint density at radius 2 is 1.20 bits per heavy atom. The molecular formula is CH6MgO7S. The molecule has 0 aromatic heterocycles. The second kappa shape index (κ2) is 7.02. The fraction of sp³-hybridized carbons (Fsp3) is 0. The number of hydrogen-bond donors (Lipinski definition) is 4. The maximum Gasteiger partial charge on any atom is 2.00 e. The molecule has 60 valence electrons. The van der Waals surface area contributed by atoms with Crippen LogP contribution in [-0.4, -0.2) is 56.9 Å². The Morgan fingerprint density at radius 3 is 1.20 bits per heavy atom. The number of hydrogen-bond acceptors (Lipinski definition) is 3. The van der Waals surface area contributed by atoms with Crippen molar-refractivity contribution in [3.8, 4) is 0 Å². The van der Waals surface area contributed by atoms with Crippen LogP contribution in [0, 0.1) is 0 Å². The van der Waals surface area contributed by atoms with Crippen molar-refractivity contribution < 1.29 is 35.4 Å². The predicted octanol–water partition coefficient (Wildman–Crippen LogP) is -0.586. The molecule has 7 nitrogen and oxygen atoms in total. The van der Waals surface area contributed by atoms with Gasteiger partial charge in [-0.05, 0) is 0 Å². The van der Waals surface area contributed by atoms with Crippen LogP contribution in [0.25, 0.3) is 0 Å². The molecule has 10 heavy (non-hydrogen) atoms. The monoisotopic (exact) mass is 186 g/mol. The van der Waals surface area contributed by atoms with Crippen LogP contribution in [0.1, 0.15) is 2.85 Å². The van der Waals surface area contributed by atoms with E-state index in [0.717, 1.165) is 0 Å². The maximum atomic E-state index is 8.74. The van der Waals surface area contributed by atoms with Gasteiger partial charge in [0.25, 0.3) is 0 Å². The molecule has 0 spiro atoms. The Balaban J connectivity index is -0.0000000221. The summed E-state index contributed by atoms with van der Waals surface area (Å²) in [6.07, 6.45) is -1.83. The molecule has 4 N–H and O–H groups in total. The van der Waals surface area contributed by atoms with Crippen LogP contribution in [0.2, 0.25) is 0 Å². The zero-order valence-corrected chi connectivity index (χ0v) is 6.86. The quantitative estimate of drug-likeness (QED) is 0.294. The molecule has 0 aromatic rings. The van der Waals surface area contributed by atoms with Crippen molar-refractivity contribution in [1.29, 1.82) is 0 Å². The summed E-state index contributed by atoms with van der Waals surface area (Å²) in [5.41, 5.74) is 0. The van der Waals surface area contributed by atoms with Gasteiger partial charge in [0.15, 0.2) is 0 Å². The molecule has 0 aliphatic carbocycles. The number of carbonyl (C=O) groups is 1. The molecular weight excluding hydrogens is 180 g/mol.